The fraction of sp³-hybridized carbons (Fsp3) is 0.409. The number of hydrogen-bond acceptors (Lipinski definition) is 5. The lowest BCUT2D eigenvalue weighted by Crippen LogP contribution is -2.38. The van der Waals surface area contributed by atoms with Gasteiger partial charge in [-0.25, -0.2) is 0 Å². The van der Waals surface area contributed by atoms with Crippen LogP contribution in [0.4, 0.5) is 0 Å². The number of carbonyl (C=O) groups excluding carboxylic acids is 1. The number of rotatable bonds is 7. The third-order valence-electron chi connectivity index (χ3n) is 5.02. The van der Waals surface area contributed by atoms with Crippen molar-refractivity contribution in [3.8, 4) is 22.6 Å². The van der Waals surface area contributed by atoms with Crippen LogP contribution in [0.15, 0.2) is 36.4 Å². The first-order valence-corrected chi connectivity index (χ1v) is 9.65. The van der Waals surface area contributed by atoms with Crippen molar-refractivity contribution in [2.45, 2.75) is 13.3 Å². The molecule has 2 aromatic carbocycles. The van der Waals surface area contributed by atoms with Gasteiger partial charge in [-0.2, -0.15) is 0 Å². The van der Waals surface area contributed by atoms with E-state index in [0.29, 0.717) is 24.3 Å². The van der Waals surface area contributed by atoms with Crippen molar-refractivity contribution in [3.05, 3.63) is 47.5 Å². The molecule has 0 aromatic heterocycles. The third kappa shape index (κ3) is 3.70. The van der Waals surface area contributed by atoms with Crippen molar-refractivity contribution >= 4 is 5.78 Å². The van der Waals surface area contributed by atoms with Crippen molar-refractivity contribution in [3.63, 3.8) is 0 Å². The molecule has 5 nitrogen and oxygen atoms in total. The number of ether oxygens (including phenoxy) is 3. The molecule has 0 N–H and O–H groups in total. The fourth-order valence-electron chi connectivity index (χ4n) is 3.61. The second kappa shape index (κ2) is 8.11. The summed E-state index contributed by atoms with van der Waals surface area (Å²) in [5.74, 6) is 1.56. The lowest BCUT2D eigenvalue weighted by Gasteiger charge is -2.26. The minimum absolute atomic E-state index is 0.0422. The van der Waals surface area contributed by atoms with E-state index in [1.807, 2.05) is 36.4 Å². The predicted octanol–water partition coefficient (Wildman–Crippen LogP) is 3.40. The molecular formula is C22H25NO4. The summed E-state index contributed by atoms with van der Waals surface area (Å²) >= 11 is 0. The molecule has 1 saturated heterocycles. The summed E-state index contributed by atoms with van der Waals surface area (Å²) in [6, 6.07) is 11.5. The summed E-state index contributed by atoms with van der Waals surface area (Å²) in [6.07, 6.45) is 0.937. The van der Waals surface area contributed by atoms with Gasteiger partial charge in [-0.3, -0.25) is 9.69 Å². The maximum Gasteiger partial charge on any atom is 0.194 e. The van der Waals surface area contributed by atoms with Crippen LogP contribution in [0.3, 0.4) is 0 Å². The number of hydrogen-bond donors (Lipinski definition) is 0. The van der Waals surface area contributed by atoms with Crippen molar-refractivity contribution < 1.29 is 19.0 Å². The van der Waals surface area contributed by atoms with E-state index in [9.17, 15) is 4.79 Å². The van der Waals surface area contributed by atoms with Gasteiger partial charge in [0.1, 0.15) is 18.1 Å². The summed E-state index contributed by atoms with van der Waals surface area (Å²) in [5, 5.41) is 0. The highest BCUT2D eigenvalue weighted by molar-refractivity contribution is 6.22. The van der Waals surface area contributed by atoms with Crippen LogP contribution in [0.1, 0.15) is 29.3 Å². The van der Waals surface area contributed by atoms with Gasteiger partial charge in [0.25, 0.3) is 0 Å². The zero-order valence-electron chi connectivity index (χ0n) is 15.7. The number of benzene rings is 2. The van der Waals surface area contributed by atoms with Gasteiger partial charge in [0.15, 0.2) is 5.78 Å². The molecule has 1 fully saturated rings. The van der Waals surface area contributed by atoms with Crippen LogP contribution in [0.25, 0.3) is 11.1 Å². The molecule has 1 heterocycles. The van der Waals surface area contributed by atoms with Gasteiger partial charge in [-0.1, -0.05) is 19.1 Å². The van der Waals surface area contributed by atoms with Gasteiger partial charge in [-0.05, 0) is 36.2 Å². The van der Waals surface area contributed by atoms with E-state index in [-0.39, 0.29) is 5.78 Å². The summed E-state index contributed by atoms with van der Waals surface area (Å²) in [4.78, 5) is 15.2. The Kier molecular flexibility index (Phi) is 5.41. The van der Waals surface area contributed by atoms with E-state index in [1.54, 1.807) is 0 Å². The topological polar surface area (TPSA) is 48.0 Å². The van der Waals surface area contributed by atoms with Crippen molar-refractivity contribution in [1.82, 2.24) is 4.90 Å². The van der Waals surface area contributed by atoms with E-state index in [2.05, 4.69) is 11.8 Å². The zero-order chi connectivity index (χ0) is 18.6. The van der Waals surface area contributed by atoms with Crippen LogP contribution >= 0.6 is 0 Å². The molecule has 5 heteroatoms. The average Bonchev–Trinajstić information content (AvgIpc) is 3.00. The Balaban J connectivity index is 1.53. The highest BCUT2D eigenvalue weighted by Gasteiger charge is 2.30. The molecule has 142 valence electrons. The molecule has 1 aliphatic heterocycles. The molecule has 1 aliphatic carbocycles. The predicted molar refractivity (Wildman–Crippen MR) is 104 cm³/mol. The van der Waals surface area contributed by atoms with E-state index in [4.69, 9.17) is 14.2 Å². The highest BCUT2D eigenvalue weighted by atomic mass is 16.5. The van der Waals surface area contributed by atoms with Crippen molar-refractivity contribution in [1.29, 1.82) is 0 Å². The van der Waals surface area contributed by atoms with Crippen LogP contribution in [0.5, 0.6) is 11.5 Å². The van der Waals surface area contributed by atoms with E-state index in [0.717, 1.165) is 61.9 Å². The lowest BCUT2D eigenvalue weighted by molar-refractivity contribution is 0.0323. The van der Waals surface area contributed by atoms with Gasteiger partial charge < -0.3 is 14.2 Å². The fourth-order valence-corrected chi connectivity index (χ4v) is 3.61. The van der Waals surface area contributed by atoms with Crippen molar-refractivity contribution in [2.75, 3.05) is 46.1 Å². The molecule has 2 aliphatic rings. The first-order valence-electron chi connectivity index (χ1n) is 9.65. The van der Waals surface area contributed by atoms with Gasteiger partial charge in [0.2, 0.25) is 0 Å². The normalized spacial score (nSPS) is 16.1. The van der Waals surface area contributed by atoms with E-state index >= 15 is 0 Å². The monoisotopic (exact) mass is 367 g/mol. The molecule has 0 amide bonds. The second-order valence-corrected chi connectivity index (χ2v) is 6.87. The Labute approximate surface area is 159 Å². The Morgan fingerprint density at radius 3 is 2.67 bits per heavy atom. The Morgan fingerprint density at radius 1 is 1.00 bits per heavy atom. The molecule has 0 radical (unpaired) electrons. The third-order valence-corrected chi connectivity index (χ3v) is 5.02. The van der Waals surface area contributed by atoms with Crippen LogP contribution in [0.2, 0.25) is 0 Å². The van der Waals surface area contributed by atoms with Crippen LogP contribution in [-0.4, -0.2) is 56.7 Å². The Bertz CT molecular complexity index is 827. The van der Waals surface area contributed by atoms with Gasteiger partial charge in [0, 0.05) is 36.3 Å². The summed E-state index contributed by atoms with van der Waals surface area (Å²) in [5.41, 5.74) is 3.24. The second-order valence-electron chi connectivity index (χ2n) is 6.87. The number of fused-ring (bicyclic) bond motifs is 3. The van der Waals surface area contributed by atoms with Gasteiger partial charge in [0.05, 0.1) is 19.8 Å². The number of carbonyl (C=O) groups is 1. The summed E-state index contributed by atoms with van der Waals surface area (Å²) in [7, 11) is 0. The van der Waals surface area contributed by atoms with E-state index < -0.39 is 0 Å². The SMILES string of the molecule is CCCOc1ccc2c(c1)C(=O)c1cccc(OCCN3CCOCC3)c1-2. The quantitative estimate of drug-likeness (QED) is 0.641. The molecule has 4 rings (SSSR count). The highest BCUT2D eigenvalue weighted by Crippen LogP contribution is 2.43. The number of nitrogens with zero attached hydrogens (tertiary/aromatic N) is 1. The van der Waals surface area contributed by atoms with Crippen LogP contribution in [-0.2, 0) is 4.74 Å². The molecule has 0 bridgehead atoms. The molecule has 2 aromatic rings. The molecule has 0 spiro atoms. The zero-order valence-corrected chi connectivity index (χ0v) is 15.7. The largest absolute Gasteiger partial charge is 0.494 e. The minimum Gasteiger partial charge on any atom is -0.494 e. The van der Waals surface area contributed by atoms with Crippen molar-refractivity contribution in [2.24, 2.45) is 0 Å². The summed E-state index contributed by atoms with van der Waals surface area (Å²) in [6.45, 7) is 7.62. The maximum absolute atomic E-state index is 12.9. The average molecular weight is 367 g/mol. The van der Waals surface area contributed by atoms with Gasteiger partial charge in [-0.15, -0.1) is 0 Å². The Hall–Kier alpha value is -2.37. The first-order chi connectivity index (χ1) is 13.3. The molecule has 27 heavy (non-hydrogen) atoms. The van der Waals surface area contributed by atoms with Crippen LogP contribution in [0, 0.1) is 0 Å². The smallest absolute Gasteiger partial charge is 0.194 e. The first kappa shape index (κ1) is 18.0. The standard InChI is InChI=1S/C22H25NO4/c1-2-11-26-16-6-7-17-19(15-16)22(24)18-4-3-5-20(21(17)18)27-14-10-23-8-12-25-13-9-23/h3-7,15H,2,8-14H2,1H3. The molecular weight excluding hydrogens is 342 g/mol. The molecule has 0 saturated carbocycles. The van der Waals surface area contributed by atoms with Crippen LogP contribution < -0.4 is 9.47 Å². The minimum atomic E-state index is 0.0422. The molecule has 0 unspecified atom stereocenters. The van der Waals surface area contributed by atoms with E-state index in [1.165, 1.54) is 0 Å². The summed E-state index contributed by atoms with van der Waals surface area (Å²) < 4.78 is 17.2. The van der Waals surface area contributed by atoms with Gasteiger partial charge >= 0.3 is 0 Å². The Morgan fingerprint density at radius 2 is 1.85 bits per heavy atom. The molecule has 0 atom stereocenters. The number of ketones is 1. The lowest BCUT2D eigenvalue weighted by atomic mass is 10.0. The number of morpholine rings is 1. The maximum atomic E-state index is 12.9.